The number of aryl methyl sites for hydroxylation is 1. The molecule has 4 aromatic rings. The van der Waals surface area contributed by atoms with Crippen molar-refractivity contribution < 1.29 is 14.6 Å². The van der Waals surface area contributed by atoms with Crippen molar-refractivity contribution in [2.45, 2.75) is 50.9 Å². The van der Waals surface area contributed by atoms with Crippen LogP contribution >= 0.6 is 0 Å². The first-order valence-electron chi connectivity index (χ1n) is 12.9. The van der Waals surface area contributed by atoms with Crippen molar-refractivity contribution in [2.24, 2.45) is 0 Å². The Hall–Kier alpha value is -4.01. The van der Waals surface area contributed by atoms with Crippen molar-refractivity contribution in [3.8, 4) is 5.75 Å². The molecule has 1 aliphatic heterocycles. The largest absolute Gasteiger partial charge is 0.491 e. The summed E-state index contributed by atoms with van der Waals surface area (Å²) in [5.74, 6) is 0.443. The maximum absolute atomic E-state index is 12.7. The summed E-state index contributed by atoms with van der Waals surface area (Å²) >= 11 is 0. The zero-order valence-corrected chi connectivity index (χ0v) is 21.3. The molecule has 0 aliphatic carbocycles. The van der Waals surface area contributed by atoms with Gasteiger partial charge >= 0.3 is 0 Å². The number of nitrogens with zero attached hydrogens (tertiary/aromatic N) is 2. The number of anilines is 1. The van der Waals surface area contributed by atoms with E-state index in [-0.39, 0.29) is 36.7 Å². The molecule has 3 N–H and O–H groups in total. The first kappa shape index (κ1) is 25.6. The van der Waals surface area contributed by atoms with Gasteiger partial charge in [-0.05, 0) is 62.1 Å². The third kappa shape index (κ3) is 6.10. The van der Waals surface area contributed by atoms with Gasteiger partial charge in [0.25, 0.3) is 5.56 Å². The van der Waals surface area contributed by atoms with Gasteiger partial charge in [-0.1, -0.05) is 48.5 Å². The fraction of sp³-hybridized carbons (Fsp3) is 0.300. The van der Waals surface area contributed by atoms with Crippen LogP contribution < -0.4 is 20.9 Å². The van der Waals surface area contributed by atoms with E-state index in [0.717, 1.165) is 36.0 Å². The molecule has 1 fully saturated rings. The van der Waals surface area contributed by atoms with Crippen LogP contribution in [0.3, 0.4) is 0 Å². The number of hydrogen-bond donors (Lipinski definition) is 3. The van der Waals surface area contributed by atoms with Crippen molar-refractivity contribution in [1.82, 2.24) is 15.1 Å². The van der Waals surface area contributed by atoms with Gasteiger partial charge in [0.1, 0.15) is 25.0 Å². The van der Waals surface area contributed by atoms with E-state index < -0.39 is 6.10 Å². The van der Waals surface area contributed by atoms with Crippen molar-refractivity contribution in [2.75, 3.05) is 11.9 Å². The predicted molar refractivity (Wildman–Crippen MR) is 147 cm³/mol. The van der Waals surface area contributed by atoms with E-state index in [1.807, 2.05) is 73.7 Å². The monoisotopic (exact) mass is 512 g/mol. The van der Waals surface area contributed by atoms with Gasteiger partial charge in [0, 0.05) is 23.2 Å². The van der Waals surface area contributed by atoms with Crippen LogP contribution in [-0.4, -0.2) is 45.6 Å². The summed E-state index contributed by atoms with van der Waals surface area (Å²) < 4.78 is 6.91. The molecular weight excluding hydrogens is 480 g/mol. The number of hydrogen-bond acceptors (Lipinski definition) is 6. The molecule has 2 heterocycles. The molecule has 5 rings (SSSR count). The third-order valence-corrected chi connectivity index (χ3v) is 6.97. The second-order valence-electron chi connectivity index (χ2n) is 9.78. The predicted octanol–water partition coefficient (Wildman–Crippen LogP) is 3.45. The topological polar surface area (TPSA) is 105 Å². The Labute approximate surface area is 221 Å². The summed E-state index contributed by atoms with van der Waals surface area (Å²) in [6.07, 6.45) is 2.11. The minimum absolute atomic E-state index is 0.00182. The van der Waals surface area contributed by atoms with Crippen molar-refractivity contribution in [3.05, 3.63) is 100 Å². The molecule has 38 heavy (non-hydrogen) atoms. The first-order valence-corrected chi connectivity index (χ1v) is 12.9. The van der Waals surface area contributed by atoms with Crippen molar-refractivity contribution in [1.29, 1.82) is 0 Å². The van der Waals surface area contributed by atoms with Gasteiger partial charge in [-0.2, -0.15) is 5.10 Å². The molecule has 0 unspecified atom stereocenters. The number of aliphatic hydroxyl groups excluding tert-OH is 1. The van der Waals surface area contributed by atoms with E-state index in [2.05, 4.69) is 15.7 Å². The molecule has 1 saturated heterocycles. The van der Waals surface area contributed by atoms with Crippen LogP contribution in [-0.2, 0) is 17.8 Å². The fourth-order valence-electron chi connectivity index (χ4n) is 4.99. The minimum atomic E-state index is -0.578. The van der Waals surface area contributed by atoms with E-state index in [9.17, 15) is 14.7 Å². The second-order valence-corrected chi connectivity index (χ2v) is 9.78. The summed E-state index contributed by atoms with van der Waals surface area (Å²) in [7, 11) is 0. The molecule has 8 heteroatoms. The van der Waals surface area contributed by atoms with Gasteiger partial charge in [-0.15, -0.1) is 0 Å². The summed E-state index contributed by atoms with van der Waals surface area (Å²) in [5, 5.41) is 22.6. The lowest BCUT2D eigenvalue weighted by molar-refractivity contribution is -0.117. The molecule has 3 aromatic carbocycles. The van der Waals surface area contributed by atoms with Crippen molar-refractivity contribution in [3.63, 3.8) is 0 Å². The molecule has 0 saturated carbocycles. The summed E-state index contributed by atoms with van der Waals surface area (Å²) in [6, 6.07) is 24.8. The number of rotatable bonds is 9. The zero-order valence-electron chi connectivity index (χ0n) is 21.3. The standard InChI is InChI=1S/C30H32N4O4/c1-20-25-9-5-6-10-26(25)30(37)34(33-20)18-29(36)32-22-13-11-21(12-14-22)17-23-15-16-27(31-23)28(35)19-38-24-7-3-2-4-8-24/h2-14,23,27-28,31,35H,15-19H2,1H3,(H,32,36)/t23-,27+,28+/m0/s1. The fourth-order valence-corrected chi connectivity index (χ4v) is 4.99. The maximum atomic E-state index is 12.7. The lowest BCUT2D eigenvalue weighted by atomic mass is 10.0. The number of fused-ring (bicyclic) bond motifs is 1. The van der Waals surface area contributed by atoms with Crippen LogP contribution in [0.15, 0.2) is 83.7 Å². The molecule has 0 spiro atoms. The minimum Gasteiger partial charge on any atom is -0.491 e. The lowest BCUT2D eigenvalue weighted by Crippen LogP contribution is -2.42. The normalized spacial score (nSPS) is 17.8. The van der Waals surface area contributed by atoms with E-state index >= 15 is 0 Å². The Kier molecular flexibility index (Phi) is 7.81. The van der Waals surface area contributed by atoms with Gasteiger partial charge < -0.3 is 20.5 Å². The Morgan fingerprint density at radius 2 is 1.76 bits per heavy atom. The van der Waals surface area contributed by atoms with E-state index in [0.29, 0.717) is 16.8 Å². The number of amides is 1. The molecule has 196 valence electrons. The summed E-state index contributed by atoms with van der Waals surface area (Å²) in [5.41, 5.74) is 2.22. The highest BCUT2D eigenvalue weighted by Gasteiger charge is 2.29. The Morgan fingerprint density at radius 1 is 1.05 bits per heavy atom. The Morgan fingerprint density at radius 3 is 2.53 bits per heavy atom. The van der Waals surface area contributed by atoms with Gasteiger partial charge in [-0.3, -0.25) is 9.59 Å². The van der Waals surface area contributed by atoms with Gasteiger partial charge in [0.15, 0.2) is 0 Å². The molecule has 1 aromatic heterocycles. The highest BCUT2D eigenvalue weighted by atomic mass is 16.5. The Balaban J connectivity index is 1.11. The highest BCUT2D eigenvalue weighted by Crippen LogP contribution is 2.21. The van der Waals surface area contributed by atoms with Crippen LogP contribution in [0.25, 0.3) is 10.8 Å². The number of carbonyl (C=O) groups is 1. The van der Waals surface area contributed by atoms with Gasteiger partial charge in [0.2, 0.25) is 5.91 Å². The third-order valence-electron chi connectivity index (χ3n) is 6.97. The molecule has 1 amide bonds. The summed E-state index contributed by atoms with van der Waals surface area (Å²) in [4.78, 5) is 25.4. The molecule has 3 atom stereocenters. The first-order chi connectivity index (χ1) is 18.5. The average molecular weight is 513 g/mol. The molecular formula is C30H32N4O4. The SMILES string of the molecule is Cc1nn(CC(=O)Nc2ccc(C[C@@H]3CC[C@H]([C@H](O)COc4ccccc4)N3)cc2)c(=O)c2ccccc12. The lowest BCUT2D eigenvalue weighted by Gasteiger charge is -2.20. The van der Waals surface area contributed by atoms with Gasteiger partial charge in [0.05, 0.1) is 11.1 Å². The number of aromatic nitrogens is 2. The van der Waals surface area contributed by atoms with E-state index in [1.54, 1.807) is 12.1 Å². The number of aliphatic hydroxyl groups is 1. The molecule has 0 radical (unpaired) electrons. The summed E-state index contributed by atoms with van der Waals surface area (Å²) in [6.45, 7) is 1.93. The quantitative estimate of drug-likeness (QED) is 0.317. The van der Waals surface area contributed by atoms with Crippen LogP contribution in [0.4, 0.5) is 5.69 Å². The number of para-hydroxylation sites is 1. The van der Waals surface area contributed by atoms with Crippen LogP contribution in [0.5, 0.6) is 5.75 Å². The molecule has 8 nitrogen and oxygen atoms in total. The van der Waals surface area contributed by atoms with Crippen LogP contribution in [0.1, 0.15) is 24.1 Å². The average Bonchev–Trinajstić information content (AvgIpc) is 3.40. The van der Waals surface area contributed by atoms with Crippen molar-refractivity contribution >= 4 is 22.4 Å². The van der Waals surface area contributed by atoms with E-state index in [4.69, 9.17) is 4.74 Å². The highest BCUT2D eigenvalue weighted by molar-refractivity contribution is 5.91. The Bertz CT molecular complexity index is 1450. The number of nitrogens with one attached hydrogen (secondary N) is 2. The number of ether oxygens (including phenoxy) is 1. The van der Waals surface area contributed by atoms with Crippen LogP contribution in [0, 0.1) is 6.92 Å². The molecule has 0 bridgehead atoms. The zero-order chi connectivity index (χ0) is 26.5. The number of carbonyl (C=O) groups excluding carboxylic acids is 1. The van der Waals surface area contributed by atoms with Gasteiger partial charge in [-0.25, -0.2) is 4.68 Å². The smallest absolute Gasteiger partial charge is 0.275 e. The number of benzene rings is 3. The molecule has 1 aliphatic rings. The van der Waals surface area contributed by atoms with E-state index in [1.165, 1.54) is 4.68 Å². The second kappa shape index (κ2) is 11.6. The van der Waals surface area contributed by atoms with Crippen LogP contribution in [0.2, 0.25) is 0 Å². The maximum Gasteiger partial charge on any atom is 0.275 e.